The third-order valence-corrected chi connectivity index (χ3v) is 4.83. The van der Waals surface area contributed by atoms with E-state index in [1.54, 1.807) is 24.3 Å². The molecule has 3 rings (SSSR count). The average Bonchev–Trinajstić information content (AvgIpc) is 2.68. The molecule has 2 aromatic carbocycles. The third-order valence-electron chi connectivity index (χ3n) is 4.83. The second-order valence-corrected chi connectivity index (χ2v) is 6.75. The van der Waals surface area contributed by atoms with Crippen LogP contribution in [0.15, 0.2) is 48.5 Å². The summed E-state index contributed by atoms with van der Waals surface area (Å²) >= 11 is 0. The summed E-state index contributed by atoms with van der Waals surface area (Å²) in [6.45, 7) is 4.96. The molecule has 0 radical (unpaired) electrons. The summed E-state index contributed by atoms with van der Waals surface area (Å²) < 4.78 is 0. The molecule has 0 spiro atoms. The van der Waals surface area contributed by atoms with E-state index in [2.05, 4.69) is 17.1 Å². The molecule has 6 nitrogen and oxygen atoms in total. The molecule has 0 aliphatic carbocycles. The largest absolute Gasteiger partial charge is 0.399 e. The van der Waals surface area contributed by atoms with Gasteiger partial charge >= 0.3 is 0 Å². The Kier molecular flexibility index (Phi) is 6.08. The lowest BCUT2D eigenvalue weighted by Gasteiger charge is -2.34. The van der Waals surface area contributed by atoms with Crippen molar-refractivity contribution in [3.05, 3.63) is 59.7 Å². The molecule has 1 aliphatic heterocycles. The molecule has 0 unspecified atom stereocenters. The van der Waals surface area contributed by atoms with E-state index in [4.69, 9.17) is 5.73 Å². The summed E-state index contributed by atoms with van der Waals surface area (Å²) in [5.41, 5.74) is 8.96. The fourth-order valence-corrected chi connectivity index (χ4v) is 3.31. The van der Waals surface area contributed by atoms with Crippen LogP contribution in [0, 0.1) is 0 Å². The molecular weight excluding hydrogens is 340 g/mol. The molecule has 0 bridgehead atoms. The maximum Gasteiger partial charge on any atom is 0.254 e. The van der Waals surface area contributed by atoms with Gasteiger partial charge in [-0.2, -0.15) is 0 Å². The summed E-state index contributed by atoms with van der Waals surface area (Å²) in [5, 5.41) is 3.00. The first kappa shape index (κ1) is 18.9. The maximum absolute atomic E-state index is 12.6. The van der Waals surface area contributed by atoms with E-state index in [-0.39, 0.29) is 11.8 Å². The number of piperazine rings is 1. The Morgan fingerprint density at radius 3 is 2.48 bits per heavy atom. The molecule has 27 heavy (non-hydrogen) atoms. The van der Waals surface area contributed by atoms with Crippen LogP contribution in [-0.2, 0) is 11.2 Å². The van der Waals surface area contributed by atoms with Crippen molar-refractivity contribution in [2.45, 2.75) is 13.3 Å². The van der Waals surface area contributed by atoms with Gasteiger partial charge in [0, 0.05) is 43.1 Å². The van der Waals surface area contributed by atoms with E-state index in [0.29, 0.717) is 44.0 Å². The van der Waals surface area contributed by atoms with Gasteiger partial charge in [-0.05, 0) is 36.2 Å². The lowest BCUT2D eigenvalue weighted by atomic mass is 10.1. The summed E-state index contributed by atoms with van der Waals surface area (Å²) in [5.74, 6) is -0.0326. The first-order valence-corrected chi connectivity index (χ1v) is 9.31. The van der Waals surface area contributed by atoms with Crippen molar-refractivity contribution >= 4 is 23.2 Å². The normalized spacial score (nSPS) is 14.8. The zero-order chi connectivity index (χ0) is 19.2. The van der Waals surface area contributed by atoms with Crippen molar-refractivity contribution in [2.75, 3.05) is 43.8 Å². The molecule has 1 heterocycles. The van der Waals surface area contributed by atoms with E-state index in [0.717, 1.165) is 17.7 Å². The number of aryl methyl sites for hydroxylation is 1. The summed E-state index contributed by atoms with van der Waals surface area (Å²) in [4.78, 5) is 28.8. The fraction of sp³-hybridized carbons (Fsp3) is 0.333. The fourth-order valence-electron chi connectivity index (χ4n) is 3.31. The molecule has 2 amide bonds. The van der Waals surface area contributed by atoms with Crippen LogP contribution < -0.4 is 11.1 Å². The molecule has 3 N–H and O–H groups in total. The van der Waals surface area contributed by atoms with Crippen molar-refractivity contribution in [3.8, 4) is 0 Å². The van der Waals surface area contributed by atoms with Crippen LogP contribution in [0.4, 0.5) is 11.4 Å². The van der Waals surface area contributed by atoms with Gasteiger partial charge in [-0.3, -0.25) is 14.5 Å². The van der Waals surface area contributed by atoms with Gasteiger partial charge < -0.3 is 16.0 Å². The summed E-state index contributed by atoms with van der Waals surface area (Å²) in [6, 6.07) is 14.9. The Balaban J connectivity index is 1.50. The quantitative estimate of drug-likeness (QED) is 0.796. The number of nitrogens with two attached hydrogens (primary N) is 1. The minimum atomic E-state index is -0.0218. The topological polar surface area (TPSA) is 78.7 Å². The second kappa shape index (κ2) is 8.68. The van der Waals surface area contributed by atoms with Crippen molar-refractivity contribution in [1.82, 2.24) is 9.80 Å². The van der Waals surface area contributed by atoms with Gasteiger partial charge in [0.2, 0.25) is 5.91 Å². The highest BCUT2D eigenvalue weighted by atomic mass is 16.2. The second-order valence-electron chi connectivity index (χ2n) is 6.75. The SMILES string of the molecule is CCc1ccccc1NC(=O)CN1CCN(C(=O)c2cccc(N)c2)CC1. The number of anilines is 2. The van der Waals surface area contributed by atoms with Gasteiger partial charge in [-0.1, -0.05) is 31.2 Å². The Labute approximate surface area is 159 Å². The van der Waals surface area contributed by atoms with Gasteiger partial charge in [-0.15, -0.1) is 0 Å². The molecular formula is C21H26N4O2. The number of benzene rings is 2. The number of hydrogen-bond donors (Lipinski definition) is 2. The predicted octanol–water partition coefficient (Wildman–Crippen LogP) is 2.23. The molecule has 1 fully saturated rings. The van der Waals surface area contributed by atoms with E-state index in [1.807, 2.05) is 29.2 Å². The van der Waals surface area contributed by atoms with Crippen LogP contribution in [0.1, 0.15) is 22.8 Å². The van der Waals surface area contributed by atoms with Crippen molar-refractivity contribution < 1.29 is 9.59 Å². The first-order chi connectivity index (χ1) is 13.1. The smallest absolute Gasteiger partial charge is 0.254 e. The van der Waals surface area contributed by atoms with Gasteiger partial charge in [0.15, 0.2) is 0 Å². The number of carbonyl (C=O) groups excluding carboxylic acids is 2. The van der Waals surface area contributed by atoms with Crippen LogP contribution in [0.2, 0.25) is 0 Å². The summed E-state index contributed by atoms with van der Waals surface area (Å²) in [7, 11) is 0. The number of nitrogens with one attached hydrogen (secondary N) is 1. The number of hydrogen-bond acceptors (Lipinski definition) is 4. The van der Waals surface area contributed by atoms with E-state index in [1.165, 1.54) is 0 Å². The third kappa shape index (κ3) is 4.86. The first-order valence-electron chi connectivity index (χ1n) is 9.31. The molecule has 142 valence electrons. The van der Waals surface area contributed by atoms with Gasteiger partial charge in [0.1, 0.15) is 0 Å². The van der Waals surface area contributed by atoms with Crippen molar-refractivity contribution in [3.63, 3.8) is 0 Å². The van der Waals surface area contributed by atoms with Crippen molar-refractivity contribution in [1.29, 1.82) is 0 Å². The number of carbonyl (C=O) groups is 2. The number of amides is 2. The number of nitrogen functional groups attached to an aromatic ring is 1. The molecule has 1 saturated heterocycles. The Morgan fingerprint density at radius 1 is 1.04 bits per heavy atom. The van der Waals surface area contributed by atoms with Crippen LogP contribution in [0.3, 0.4) is 0 Å². The lowest BCUT2D eigenvalue weighted by Crippen LogP contribution is -2.50. The molecule has 0 saturated carbocycles. The van der Waals surface area contributed by atoms with Gasteiger partial charge in [0.25, 0.3) is 5.91 Å². The molecule has 0 aromatic heterocycles. The molecule has 2 aromatic rings. The molecule has 0 atom stereocenters. The van der Waals surface area contributed by atoms with E-state index in [9.17, 15) is 9.59 Å². The Morgan fingerprint density at radius 2 is 1.78 bits per heavy atom. The van der Waals surface area contributed by atoms with Gasteiger partial charge in [-0.25, -0.2) is 0 Å². The van der Waals surface area contributed by atoms with Crippen LogP contribution in [-0.4, -0.2) is 54.3 Å². The predicted molar refractivity (Wildman–Crippen MR) is 108 cm³/mol. The molecule has 6 heteroatoms. The van der Waals surface area contributed by atoms with Crippen LogP contribution in [0.5, 0.6) is 0 Å². The minimum absolute atomic E-state index is 0.0109. The monoisotopic (exact) mass is 366 g/mol. The van der Waals surface area contributed by atoms with Crippen molar-refractivity contribution in [2.24, 2.45) is 0 Å². The zero-order valence-electron chi connectivity index (χ0n) is 15.6. The lowest BCUT2D eigenvalue weighted by molar-refractivity contribution is -0.117. The average molecular weight is 366 g/mol. The highest BCUT2D eigenvalue weighted by molar-refractivity contribution is 5.95. The molecule has 1 aliphatic rings. The number of rotatable bonds is 5. The van der Waals surface area contributed by atoms with Crippen LogP contribution >= 0.6 is 0 Å². The highest BCUT2D eigenvalue weighted by Crippen LogP contribution is 2.16. The van der Waals surface area contributed by atoms with Gasteiger partial charge in [0.05, 0.1) is 6.54 Å². The number of nitrogens with zero attached hydrogens (tertiary/aromatic N) is 2. The zero-order valence-corrected chi connectivity index (χ0v) is 15.6. The van der Waals surface area contributed by atoms with Crippen LogP contribution in [0.25, 0.3) is 0 Å². The van der Waals surface area contributed by atoms with E-state index < -0.39 is 0 Å². The highest BCUT2D eigenvalue weighted by Gasteiger charge is 2.23. The summed E-state index contributed by atoms with van der Waals surface area (Å²) in [6.07, 6.45) is 0.876. The van der Waals surface area contributed by atoms with E-state index >= 15 is 0 Å². The number of para-hydroxylation sites is 1. The Bertz CT molecular complexity index is 813. The minimum Gasteiger partial charge on any atom is -0.399 e. The standard InChI is InChI=1S/C21H26N4O2/c1-2-16-6-3-4-9-19(16)23-20(26)15-24-10-12-25(13-11-24)21(27)17-7-5-8-18(22)14-17/h3-9,14H,2,10-13,15,22H2,1H3,(H,23,26). The maximum atomic E-state index is 12.6. The Hall–Kier alpha value is -2.86.